The van der Waals surface area contributed by atoms with Gasteiger partial charge in [0.2, 0.25) is 5.91 Å². The number of aromatic nitrogens is 2. The van der Waals surface area contributed by atoms with Crippen molar-refractivity contribution in [3.63, 3.8) is 0 Å². The number of nitrogens with zero attached hydrogens (tertiary/aromatic N) is 2. The molecule has 116 valence electrons. The van der Waals surface area contributed by atoms with Gasteiger partial charge in [0.1, 0.15) is 5.82 Å². The van der Waals surface area contributed by atoms with Crippen molar-refractivity contribution in [1.29, 1.82) is 0 Å². The Hall–Kier alpha value is -2.37. The van der Waals surface area contributed by atoms with Crippen molar-refractivity contribution in [2.75, 3.05) is 6.54 Å². The third kappa shape index (κ3) is 2.81. The van der Waals surface area contributed by atoms with Crippen LogP contribution in [-0.4, -0.2) is 33.1 Å². The van der Waals surface area contributed by atoms with E-state index >= 15 is 0 Å². The van der Waals surface area contributed by atoms with Crippen LogP contribution in [0.3, 0.4) is 0 Å². The highest BCUT2D eigenvalue weighted by molar-refractivity contribution is 5.89. The van der Waals surface area contributed by atoms with Crippen LogP contribution in [0.15, 0.2) is 24.3 Å². The Morgan fingerprint density at radius 1 is 1.36 bits per heavy atom. The molecule has 0 saturated heterocycles. The van der Waals surface area contributed by atoms with Crippen molar-refractivity contribution in [3.05, 3.63) is 30.1 Å². The van der Waals surface area contributed by atoms with Gasteiger partial charge in [-0.3, -0.25) is 9.59 Å². The second kappa shape index (κ2) is 5.79. The van der Waals surface area contributed by atoms with Crippen LogP contribution in [0.5, 0.6) is 0 Å². The molecule has 1 aliphatic rings. The molecule has 6 heteroatoms. The van der Waals surface area contributed by atoms with E-state index in [1.54, 1.807) is 0 Å². The van der Waals surface area contributed by atoms with E-state index in [0.29, 0.717) is 13.0 Å². The number of imidazole rings is 1. The summed E-state index contributed by atoms with van der Waals surface area (Å²) in [4.78, 5) is 27.1. The number of rotatable bonds is 6. The number of aliphatic carboxylic acids is 1. The van der Waals surface area contributed by atoms with E-state index in [-0.39, 0.29) is 11.8 Å². The third-order valence-corrected chi connectivity index (χ3v) is 4.20. The molecule has 1 aromatic carbocycles. The number of hydrogen-bond donors (Lipinski definition) is 2. The summed E-state index contributed by atoms with van der Waals surface area (Å²) in [5.41, 5.74) is 2.08. The predicted molar refractivity (Wildman–Crippen MR) is 81.3 cm³/mol. The van der Waals surface area contributed by atoms with Crippen LogP contribution in [0, 0.1) is 11.8 Å². The molecule has 3 rings (SSSR count). The molecule has 0 aliphatic heterocycles. The molecule has 1 amide bonds. The number of aryl methyl sites for hydroxylation is 2. The van der Waals surface area contributed by atoms with Crippen LogP contribution in [-0.2, 0) is 23.1 Å². The zero-order valence-electron chi connectivity index (χ0n) is 12.5. The van der Waals surface area contributed by atoms with Gasteiger partial charge >= 0.3 is 5.97 Å². The van der Waals surface area contributed by atoms with Gasteiger partial charge in [0.05, 0.1) is 22.9 Å². The number of benzene rings is 1. The lowest BCUT2D eigenvalue weighted by Gasteiger charge is -2.05. The lowest BCUT2D eigenvalue weighted by Crippen LogP contribution is -2.27. The summed E-state index contributed by atoms with van der Waals surface area (Å²) in [6.45, 7) is 0.547. The smallest absolute Gasteiger partial charge is 0.307 e. The number of carboxylic acids is 1. The lowest BCUT2D eigenvalue weighted by atomic mass is 10.2. The first-order valence-electron chi connectivity index (χ1n) is 7.49. The molecule has 1 fully saturated rings. The lowest BCUT2D eigenvalue weighted by molar-refractivity contribution is -0.140. The van der Waals surface area contributed by atoms with E-state index in [1.165, 1.54) is 0 Å². The Morgan fingerprint density at radius 3 is 2.82 bits per heavy atom. The fourth-order valence-electron chi connectivity index (χ4n) is 2.77. The minimum Gasteiger partial charge on any atom is -0.481 e. The molecule has 0 bridgehead atoms. The molecule has 2 N–H and O–H groups in total. The van der Waals surface area contributed by atoms with E-state index in [9.17, 15) is 9.59 Å². The number of para-hydroxylation sites is 2. The summed E-state index contributed by atoms with van der Waals surface area (Å²) < 4.78 is 2.07. The molecular weight excluding hydrogens is 282 g/mol. The Kier molecular flexibility index (Phi) is 3.83. The van der Waals surface area contributed by atoms with Crippen molar-refractivity contribution >= 4 is 22.9 Å². The molecule has 2 aromatic rings. The monoisotopic (exact) mass is 301 g/mol. The standard InChI is InChI=1S/C16H19N3O3/c1-19-13-6-3-2-5-12(13)18-14(19)7-4-8-17-15(20)10-9-11(10)16(21)22/h2-3,5-6,10-11H,4,7-9H2,1H3,(H,17,20)(H,21,22). The summed E-state index contributed by atoms with van der Waals surface area (Å²) in [7, 11) is 1.99. The van der Waals surface area contributed by atoms with Gasteiger partial charge in [0.25, 0.3) is 0 Å². The van der Waals surface area contributed by atoms with Gasteiger partial charge in [-0.05, 0) is 25.0 Å². The molecule has 6 nitrogen and oxygen atoms in total. The molecule has 0 spiro atoms. The van der Waals surface area contributed by atoms with Crippen LogP contribution in [0.25, 0.3) is 11.0 Å². The zero-order chi connectivity index (χ0) is 15.7. The summed E-state index contributed by atoms with van der Waals surface area (Å²) in [6, 6.07) is 7.98. The quantitative estimate of drug-likeness (QED) is 0.789. The first-order chi connectivity index (χ1) is 10.6. The third-order valence-electron chi connectivity index (χ3n) is 4.20. The molecule has 1 aliphatic carbocycles. The average molecular weight is 301 g/mol. The van der Waals surface area contributed by atoms with Gasteiger partial charge < -0.3 is 15.0 Å². The van der Waals surface area contributed by atoms with Crippen molar-refractivity contribution in [3.8, 4) is 0 Å². The number of nitrogens with one attached hydrogen (secondary N) is 1. The second-order valence-corrected chi connectivity index (χ2v) is 5.76. The van der Waals surface area contributed by atoms with Crippen LogP contribution < -0.4 is 5.32 Å². The van der Waals surface area contributed by atoms with Crippen molar-refractivity contribution in [1.82, 2.24) is 14.9 Å². The van der Waals surface area contributed by atoms with Crippen LogP contribution in [0.2, 0.25) is 0 Å². The SMILES string of the molecule is Cn1c(CCCNC(=O)C2CC2C(=O)O)nc2ccccc21. The first kappa shape index (κ1) is 14.6. The van der Waals surface area contributed by atoms with Crippen molar-refractivity contribution in [2.24, 2.45) is 18.9 Å². The molecule has 2 unspecified atom stereocenters. The number of amides is 1. The van der Waals surface area contributed by atoms with Gasteiger partial charge in [0, 0.05) is 20.0 Å². The van der Waals surface area contributed by atoms with E-state index < -0.39 is 11.9 Å². The summed E-state index contributed by atoms with van der Waals surface area (Å²) in [5, 5.41) is 11.6. The maximum absolute atomic E-state index is 11.7. The van der Waals surface area contributed by atoms with Gasteiger partial charge in [-0.1, -0.05) is 12.1 Å². The Bertz CT molecular complexity index is 722. The van der Waals surface area contributed by atoms with Gasteiger partial charge in [0.15, 0.2) is 0 Å². The van der Waals surface area contributed by atoms with Crippen LogP contribution >= 0.6 is 0 Å². The fourth-order valence-corrected chi connectivity index (χ4v) is 2.77. The van der Waals surface area contributed by atoms with Crippen LogP contribution in [0.1, 0.15) is 18.7 Å². The number of carboxylic acid groups (broad SMARTS) is 1. The Labute approximate surface area is 128 Å². The predicted octanol–water partition coefficient (Wildman–Crippen LogP) is 1.34. The Morgan fingerprint density at radius 2 is 2.14 bits per heavy atom. The van der Waals surface area contributed by atoms with Crippen LogP contribution in [0.4, 0.5) is 0 Å². The zero-order valence-corrected chi connectivity index (χ0v) is 12.5. The highest BCUT2D eigenvalue weighted by Crippen LogP contribution is 2.38. The second-order valence-electron chi connectivity index (χ2n) is 5.76. The van der Waals surface area contributed by atoms with Gasteiger partial charge in [-0.15, -0.1) is 0 Å². The highest BCUT2D eigenvalue weighted by Gasteiger charge is 2.48. The fraction of sp³-hybridized carbons (Fsp3) is 0.438. The first-order valence-corrected chi connectivity index (χ1v) is 7.49. The minimum absolute atomic E-state index is 0.141. The van der Waals surface area contributed by atoms with Crippen molar-refractivity contribution < 1.29 is 14.7 Å². The molecule has 1 heterocycles. The largest absolute Gasteiger partial charge is 0.481 e. The van der Waals surface area contributed by atoms with Crippen molar-refractivity contribution in [2.45, 2.75) is 19.3 Å². The number of fused-ring (bicyclic) bond motifs is 1. The van der Waals surface area contributed by atoms with E-state index in [1.807, 2.05) is 31.3 Å². The number of carbonyl (C=O) groups is 2. The molecule has 0 radical (unpaired) electrons. The molecule has 1 aromatic heterocycles. The summed E-state index contributed by atoms with van der Waals surface area (Å²) in [5.74, 6) is -0.851. The highest BCUT2D eigenvalue weighted by atomic mass is 16.4. The van der Waals surface area contributed by atoms with E-state index in [2.05, 4.69) is 14.9 Å². The maximum Gasteiger partial charge on any atom is 0.307 e. The summed E-state index contributed by atoms with van der Waals surface area (Å²) >= 11 is 0. The molecule has 2 atom stereocenters. The average Bonchev–Trinajstić information content (AvgIpc) is 3.25. The molecular formula is C16H19N3O3. The summed E-state index contributed by atoms with van der Waals surface area (Å²) in [6.07, 6.45) is 2.03. The van der Waals surface area contributed by atoms with E-state index in [0.717, 1.165) is 29.7 Å². The molecule has 22 heavy (non-hydrogen) atoms. The normalized spacial score (nSPS) is 20.0. The van der Waals surface area contributed by atoms with Gasteiger partial charge in [-0.25, -0.2) is 4.98 Å². The van der Waals surface area contributed by atoms with Gasteiger partial charge in [-0.2, -0.15) is 0 Å². The number of hydrogen-bond acceptors (Lipinski definition) is 3. The van der Waals surface area contributed by atoms with E-state index in [4.69, 9.17) is 5.11 Å². The maximum atomic E-state index is 11.7. The minimum atomic E-state index is -0.875. The Balaban J connectivity index is 1.48. The molecule has 1 saturated carbocycles. The number of carbonyl (C=O) groups excluding carboxylic acids is 1. The topological polar surface area (TPSA) is 84.2 Å².